The largest absolute Gasteiger partial charge is 0.504 e. The summed E-state index contributed by atoms with van der Waals surface area (Å²) in [6.45, 7) is 5.34. The van der Waals surface area contributed by atoms with Crippen LogP contribution in [0.15, 0.2) is 68.4 Å². The van der Waals surface area contributed by atoms with Crippen molar-refractivity contribution in [2.24, 2.45) is 4.99 Å². The third-order valence-electron chi connectivity index (χ3n) is 5.52. The maximum absolute atomic E-state index is 13.7. The Bertz CT molecular complexity index is 1480. The number of nitrogens with zero attached hydrogens (tertiary/aromatic N) is 2. The molecule has 35 heavy (non-hydrogen) atoms. The first kappa shape index (κ1) is 24.8. The molecule has 0 saturated carbocycles. The van der Waals surface area contributed by atoms with Gasteiger partial charge in [-0.2, -0.15) is 0 Å². The lowest BCUT2D eigenvalue weighted by molar-refractivity contribution is -0.143. The lowest BCUT2D eigenvalue weighted by Gasteiger charge is -2.25. The number of ether oxygens (including phenoxy) is 2. The molecule has 4 rings (SSSR count). The van der Waals surface area contributed by atoms with Gasteiger partial charge in [0.05, 0.1) is 35.1 Å². The molecule has 1 N–H and O–H groups in total. The monoisotopic (exact) mass is 510 g/mol. The van der Waals surface area contributed by atoms with Crippen molar-refractivity contribution in [2.75, 3.05) is 13.4 Å². The third-order valence-corrected chi connectivity index (χ3v) is 7.24. The first-order chi connectivity index (χ1) is 16.7. The van der Waals surface area contributed by atoms with Crippen molar-refractivity contribution in [1.29, 1.82) is 0 Å². The molecule has 2 aromatic carbocycles. The molecule has 0 aliphatic carbocycles. The Morgan fingerprint density at radius 1 is 1.23 bits per heavy atom. The summed E-state index contributed by atoms with van der Waals surface area (Å²) in [5.74, 6) is -0.158. The van der Waals surface area contributed by atoms with E-state index in [1.165, 1.54) is 24.5 Å². The van der Waals surface area contributed by atoms with Crippen LogP contribution in [0, 0.1) is 0 Å². The van der Waals surface area contributed by atoms with E-state index < -0.39 is 12.0 Å². The Hall–Kier alpha value is -3.30. The van der Waals surface area contributed by atoms with Crippen LogP contribution < -0.4 is 19.6 Å². The van der Waals surface area contributed by atoms with Gasteiger partial charge in [-0.05, 0) is 68.5 Å². The number of aromatic hydroxyl groups is 1. The fraction of sp³-hybridized carbons (Fsp3) is 0.269. The van der Waals surface area contributed by atoms with Gasteiger partial charge in [0, 0.05) is 4.90 Å². The highest BCUT2D eigenvalue weighted by atomic mass is 32.2. The van der Waals surface area contributed by atoms with Crippen molar-refractivity contribution in [3.8, 4) is 11.5 Å². The molecule has 3 aromatic rings. The van der Waals surface area contributed by atoms with Gasteiger partial charge in [0.1, 0.15) is 0 Å². The van der Waals surface area contributed by atoms with Crippen LogP contribution in [0.4, 0.5) is 0 Å². The number of carbonyl (C=O) groups excluding carboxylic acids is 1. The number of rotatable bonds is 6. The lowest BCUT2D eigenvalue weighted by atomic mass is 9.96. The van der Waals surface area contributed by atoms with Crippen LogP contribution in [-0.4, -0.2) is 35.1 Å². The quantitative estimate of drug-likeness (QED) is 0.402. The topological polar surface area (TPSA) is 90.1 Å². The number of carbonyl (C=O) groups is 1. The summed E-state index contributed by atoms with van der Waals surface area (Å²) < 4.78 is 12.7. The maximum Gasteiger partial charge on any atom is 0.338 e. The Labute approximate surface area is 211 Å². The normalized spacial score (nSPS) is 15.7. The van der Waals surface area contributed by atoms with Crippen LogP contribution in [0.1, 0.15) is 37.9 Å². The van der Waals surface area contributed by atoms with Crippen molar-refractivity contribution in [3.63, 3.8) is 0 Å². The average Bonchev–Trinajstić information content (AvgIpc) is 3.13. The highest BCUT2D eigenvalue weighted by Crippen LogP contribution is 2.32. The number of phenols is 1. The van der Waals surface area contributed by atoms with E-state index in [1.807, 2.05) is 30.5 Å². The Morgan fingerprint density at radius 2 is 1.94 bits per heavy atom. The number of benzene rings is 2. The smallest absolute Gasteiger partial charge is 0.338 e. The maximum atomic E-state index is 13.7. The van der Waals surface area contributed by atoms with E-state index in [9.17, 15) is 14.7 Å². The molecule has 0 amide bonds. The fourth-order valence-corrected chi connectivity index (χ4v) is 5.35. The van der Waals surface area contributed by atoms with Gasteiger partial charge in [-0.15, -0.1) is 11.8 Å². The Balaban J connectivity index is 1.92. The standard InChI is InChI=1S/C26H26N2O5S2/c1-14(2)33-25(31)22-15(3)27-26-28(23(22)17-7-9-18(34-5)10-8-17)24(30)21(35-26)13-16-6-11-19(29)20(12-16)32-4/h6-14,23,29H,1-5H3/b21-13-/t23-/m0/s1. The van der Waals surface area contributed by atoms with Gasteiger partial charge in [-0.25, -0.2) is 9.79 Å². The second-order valence-corrected chi connectivity index (χ2v) is 10.1. The molecule has 0 spiro atoms. The molecule has 0 radical (unpaired) electrons. The number of fused-ring (bicyclic) bond motifs is 1. The third kappa shape index (κ3) is 4.92. The van der Waals surface area contributed by atoms with Crippen molar-refractivity contribution in [2.45, 2.75) is 37.8 Å². The summed E-state index contributed by atoms with van der Waals surface area (Å²) >= 11 is 2.86. The average molecular weight is 511 g/mol. The zero-order valence-corrected chi connectivity index (χ0v) is 21.7. The summed E-state index contributed by atoms with van der Waals surface area (Å²) in [5.41, 5.74) is 2.10. The number of allylic oxidation sites excluding steroid dienone is 1. The van der Waals surface area contributed by atoms with Crippen molar-refractivity contribution < 1.29 is 19.4 Å². The van der Waals surface area contributed by atoms with Crippen LogP contribution in [0.3, 0.4) is 0 Å². The molecule has 182 valence electrons. The minimum Gasteiger partial charge on any atom is -0.504 e. The van der Waals surface area contributed by atoms with E-state index >= 15 is 0 Å². The Kier molecular flexibility index (Phi) is 7.18. The number of aromatic nitrogens is 1. The number of hydrogen-bond donors (Lipinski definition) is 1. The zero-order valence-electron chi connectivity index (χ0n) is 20.1. The van der Waals surface area contributed by atoms with Gasteiger partial charge >= 0.3 is 5.97 Å². The first-order valence-corrected chi connectivity index (χ1v) is 13.0. The molecule has 9 heteroatoms. The summed E-state index contributed by atoms with van der Waals surface area (Å²) in [6.07, 6.45) is 3.41. The van der Waals surface area contributed by atoms with E-state index in [1.54, 1.807) is 55.3 Å². The molecule has 2 heterocycles. The summed E-state index contributed by atoms with van der Waals surface area (Å²) in [4.78, 5) is 33.0. The van der Waals surface area contributed by atoms with Crippen molar-refractivity contribution >= 4 is 35.1 Å². The van der Waals surface area contributed by atoms with Crippen molar-refractivity contribution in [1.82, 2.24) is 4.57 Å². The fourth-order valence-electron chi connectivity index (χ4n) is 3.90. The van der Waals surface area contributed by atoms with Crippen molar-refractivity contribution in [3.05, 3.63) is 84.5 Å². The van der Waals surface area contributed by atoms with Crippen LogP contribution in [0.5, 0.6) is 11.5 Å². The van der Waals surface area contributed by atoms with E-state index in [0.29, 0.717) is 31.9 Å². The number of esters is 1. The molecule has 7 nitrogen and oxygen atoms in total. The van der Waals surface area contributed by atoms with Crippen LogP contribution in [-0.2, 0) is 9.53 Å². The molecule has 0 fully saturated rings. The van der Waals surface area contributed by atoms with E-state index in [0.717, 1.165) is 10.5 Å². The Morgan fingerprint density at radius 3 is 2.57 bits per heavy atom. The van der Waals surface area contributed by atoms with E-state index in [-0.39, 0.29) is 17.4 Å². The zero-order chi connectivity index (χ0) is 25.3. The lowest BCUT2D eigenvalue weighted by Crippen LogP contribution is -2.40. The molecular weight excluding hydrogens is 484 g/mol. The SMILES string of the molecule is COc1cc(/C=c2\sc3n(c2=O)[C@@H](c2ccc(SC)cc2)C(C(=O)OC(C)C)=C(C)N=3)ccc1O. The highest BCUT2D eigenvalue weighted by Gasteiger charge is 2.33. The summed E-state index contributed by atoms with van der Waals surface area (Å²) in [7, 11) is 1.47. The van der Waals surface area contributed by atoms with Gasteiger partial charge in [-0.3, -0.25) is 9.36 Å². The summed E-state index contributed by atoms with van der Waals surface area (Å²) in [5, 5.41) is 9.89. The van der Waals surface area contributed by atoms with Gasteiger partial charge in [-0.1, -0.05) is 29.5 Å². The van der Waals surface area contributed by atoms with Gasteiger partial charge < -0.3 is 14.6 Å². The molecule has 1 atom stereocenters. The van der Waals surface area contributed by atoms with Gasteiger partial charge in [0.2, 0.25) is 0 Å². The van der Waals surface area contributed by atoms with Crippen LogP contribution >= 0.6 is 23.1 Å². The number of methoxy groups -OCH3 is 1. The highest BCUT2D eigenvalue weighted by molar-refractivity contribution is 7.98. The molecule has 0 unspecified atom stereocenters. The second-order valence-electron chi connectivity index (χ2n) is 8.24. The number of hydrogen-bond acceptors (Lipinski definition) is 8. The molecule has 0 bridgehead atoms. The minimum absolute atomic E-state index is 0.0173. The van der Waals surface area contributed by atoms with Gasteiger partial charge in [0.15, 0.2) is 16.3 Å². The number of phenolic OH excluding ortho intramolecular Hbond substituents is 1. The van der Waals surface area contributed by atoms with E-state index in [2.05, 4.69) is 4.99 Å². The minimum atomic E-state index is -0.662. The molecule has 0 saturated heterocycles. The van der Waals surface area contributed by atoms with E-state index in [4.69, 9.17) is 9.47 Å². The molecule has 1 aliphatic rings. The molecule has 1 aromatic heterocycles. The predicted octanol–water partition coefficient (Wildman–Crippen LogP) is 3.62. The van der Waals surface area contributed by atoms with Crippen LogP contribution in [0.25, 0.3) is 6.08 Å². The summed E-state index contributed by atoms with van der Waals surface area (Å²) in [6, 6.07) is 12.0. The first-order valence-electron chi connectivity index (χ1n) is 11.0. The molecule has 1 aliphatic heterocycles. The second kappa shape index (κ2) is 10.1. The van der Waals surface area contributed by atoms with Gasteiger partial charge in [0.25, 0.3) is 5.56 Å². The number of thioether (sulfide) groups is 1. The number of thiazole rings is 1. The van der Waals surface area contributed by atoms with Crippen LogP contribution in [0.2, 0.25) is 0 Å². The predicted molar refractivity (Wildman–Crippen MR) is 138 cm³/mol. The molecular formula is C26H26N2O5S2.